The van der Waals surface area contributed by atoms with Gasteiger partial charge in [-0.15, -0.1) is 0 Å². The van der Waals surface area contributed by atoms with Crippen LogP contribution < -0.4 is 10.6 Å². The number of fused-ring (bicyclic) bond motifs is 1. The third kappa shape index (κ3) is 7.35. The predicted molar refractivity (Wildman–Crippen MR) is 157 cm³/mol. The van der Waals surface area contributed by atoms with Crippen LogP contribution >= 0.6 is 11.8 Å². The van der Waals surface area contributed by atoms with Gasteiger partial charge in [0.15, 0.2) is 11.6 Å². The molecule has 220 valence electrons. The highest BCUT2D eigenvalue weighted by molar-refractivity contribution is 7.98. The van der Waals surface area contributed by atoms with Crippen LogP contribution in [0.3, 0.4) is 0 Å². The van der Waals surface area contributed by atoms with Gasteiger partial charge in [-0.25, -0.2) is 9.67 Å². The largest absolute Gasteiger partial charge is 0.361 e. The molecule has 0 radical (unpaired) electrons. The van der Waals surface area contributed by atoms with Gasteiger partial charge in [0.2, 0.25) is 11.8 Å². The molecule has 0 unspecified atom stereocenters. The second-order valence-electron chi connectivity index (χ2n) is 10.6. The number of hydrogen-bond donors (Lipinski definition) is 2. The molecule has 1 aliphatic rings. The molecule has 1 aliphatic heterocycles. The molecule has 0 saturated carbocycles. The monoisotopic (exact) mass is 581 g/mol. The number of amides is 3. The van der Waals surface area contributed by atoms with Crippen LogP contribution in [0.5, 0.6) is 0 Å². The quantitative estimate of drug-likeness (QED) is 0.451. The Hall–Kier alpha value is -3.67. The summed E-state index contributed by atoms with van der Waals surface area (Å²) in [5, 5.41) is 14.9. The molecule has 2 aromatic heterocycles. The summed E-state index contributed by atoms with van der Waals surface area (Å²) in [4.78, 5) is 46.7. The molecule has 0 spiro atoms. The Labute approximate surface area is 244 Å². The van der Waals surface area contributed by atoms with E-state index in [1.54, 1.807) is 35.2 Å². The van der Waals surface area contributed by atoms with Crippen molar-refractivity contribution in [2.45, 2.75) is 65.6 Å². The van der Waals surface area contributed by atoms with Gasteiger partial charge in [0.1, 0.15) is 17.4 Å². The fourth-order valence-electron chi connectivity index (χ4n) is 4.92. The molecule has 3 heterocycles. The van der Waals surface area contributed by atoms with E-state index in [1.165, 1.54) is 0 Å². The minimum atomic E-state index is -0.677. The van der Waals surface area contributed by atoms with Crippen molar-refractivity contribution in [3.8, 4) is 11.4 Å². The van der Waals surface area contributed by atoms with Gasteiger partial charge < -0.3 is 20.1 Å². The summed E-state index contributed by atoms with van der Waals surface area (Å²) in [6, 6.07) is 8.53. The summed E-state index contributed by atoms with van der Waals surface area (Å²) in [5.74, 6) is 1.64. The van der Waals surface area contributed by atoms with Gasteiger partial charge in [0.05, 0.1) is 18.3 Å². The third-order valence-corrected chi connectivity index (χ3v) is 7.83. The van der Waals surface area contributed by atoms with Crippen molar-refractivity contribution in [1.29, 1.82) is 0 Å². The first-order chi connectivity index (χ1) is 19.7. The SMILES string of the molecule is CSCC[C@@H]1NC(=O)CCCN(C(=O)c2c(C)noc2C)CCn2nc(-c3ccccc3)nc2[C@@H](C(C)C)NC1=O. The number of benzene rings is 1. The Morgan fingerprint density at radius 3 is 2.54 bits per heavy atom. The Bertz CT molecular complexity index is 1330. The Morgan fingerprint density at radius 1 is 1.12 bits per heavy atom. The number of aryl methyl sites for hydroxylation is 2. The highest BCUT2D eigenvalue weighted by Crippen LogP contribution is 2.25. The number of aromatic nitrogens is 4. The number of hydrogen-bond acceptors (Lipinski definition) is 8. The standard InChI is InChI=1S/C29H39N7O4S/c1-18(2)25-27-32-26(21-10-7-6-8-11-21)33-36(27)16-15-35(29(39)24-19(3)34-40-20(24)4)14-9-12-23(37)30-22(13-17-41-5)28(38)31-25/h6-8,10-11,18,22,25H,9,12-17H2,1-5H3,(H,30,37)(H,31,38)/t22-,25+/m0/s1. The molecule has 2 N–H and O–H groups in total. The van der Waals surface area contributed by atoms with Crippen LogP contribution in [0.15, 0.2) is 34.9 Å². The van der Waals surface area contributed by atoms with Crippen LogP contribution in [0.25, 0.3) is 11.4 Å². The number of carbonyl (C=O) groups excluding carboxylic acids is 3. The molecule has 0 aliphatic carbocycles. The van der Waals surface area contributed by atoms with Gasteiger partial charge in [-0.3, -0.25) is 14.4 Å². The smallest absolute Gasteiger partial charge is 0.259 e. The van der Waals surface area contributed by atoms with E-state index in [2.05, 4.69) is 15.8 Å². The fraction of sp³-hybridized carbons (Fsp3) is 0.517. The molecule has 2 atom stereocenters. The van der Waals surface area contributed by atoms with Gasteiger partial charge in [-0.2, -0.15) is 16.9 Å². The first-order valence-corrected chi connectivity index (χ1v) is 15.4. The van der Waals surface area contributed by atoms with E-state index in [0.717, 1.165) is 11.3 Å². The molecule has 41 heavy (non-hydrogen) atoms. The molecule has 3 aromatic rings. The molecular formula is C29H39N7O4S. The summed E-state index contributed by atoms with van der Waals surface area (Å²) in [6.45, 7) is 8.51. The summed E-state index contributed by atoms with van der Waals surface area (Å²) in [5.41, 5.74) is 1.81. The average molecular weight is 582 g/mol. The summed E-state index contributed by atoms with van der Waals surface area (Å²) in [7, 11) is 0. The zero-order chi connectivity index (χ0) is 29.5. The van der Waals surface area contributed by atoms with Crippen molar-refractivity contribution >= 4 is 29.5 Å². The zero-order valence-corrected chi connectivity index (χ0v) is 25.2. The maximum Gasteiger partial charge on any atom is 0.259 e. The predicted octanol–water partition coefficient (Wildman–Crippen LogP) is 3.54. The van der Waals surface area contributed by atoms with Crippen LogP contribution in [-0.2, 0) is 16.1 Å². The van der Waals surface area contributed by atoms with E-state index >= 15 is 0 Å². The zero-order valence-electron chi connectivity index (χ0n) is 24.3. The van der Waals surface area contributed by atoms with Gasteiger partial charge in [0.25, 0.3) is 5.91 Å². The van der Waals surface area contributed by atoms with Crippen molar-refractivity contribution in [3.63, 3.8) is 0 Å². The van der Waals surface area contributed by atoms with Gasteiger partial charge >= 0.3 is 0 Å². The lowest BCUT2D eigenvalue weighted by Crippen LogP contribution is -2.49. The second kappa shape index (κ2) is 13.8. The molecule has 0 saturated heterocycles. The number of carbonyl (C=O) groups is 3. The minimum Gasteiger partial charge on any atom is -0.361 e. The lowest BCUT2D eigenvalue weighted by molar-refractivity contribution is -0.129. The molecule has 11 nitrogen and oxygen atoms in total. The minimum absolute atomic E-state index is 0.0182. The van der Waals surface area contributed by atoms with Gasteiger partial charge in [0, 0.05) is 25.1 Å². The van der Waals surface area contributed by atoms with Crippen LogP contribution in [-0.4, -0.2) is 73.7 Å². The molecule has 0 fully saturated rings. The second-order valence-corrected chi connectivity index (χ2v) is 11.6. The Balaban J connectivity index is 1.74. The topological polar surface area (TPSA) is 135 Å². The van der Waals surface area contributed by atoms with Crippen LogP contribution in [0, 0.1) is 19.8 Å². The molecule has 4 rings (SSSR count). The Kier molecular flexibility index (Phi) is 10.2. The third-order valence-electron chi connectivity index (χ3n) is 7.19. The summed E-state index contributed by atoms with van der Waals surface area (Å²) in [6.07, 6.45) is 3.10. The number of rotatable bonds is 6. The molecule has 0 bridgehead atoms. The first-order valence-electron chi connectivity index (χ1n) is 14.0. The fourth-order valence-corrected chi connectivity index (χ4v) is 5.39. The van der Waals surface area contributed by atoms with Gasteiger partial charge in [-0.1, -0.05) is 49.3 Å². The highest BCUT2D eigenvalue weighted by Gasteiger charge is 2.31. The average Bonchev–Trinajstić information content (AvgIpc) is 3.53. The van der Waals surface area contributed by atoms with Crippen molar-refractivity contribution in [3.05, 3.63) is 53.2 Å². The maximum atomic E-state index is 13.7. The van der Waals surface area contributed by atoms with E-state index in [9.17, 15) is 14.4 Å². The first kappa shape index (κ1) is 30.3. The highest BCUT2D eigenvalue weighted by atomic mass is 32.2. The van der Waals surface area contributed by atoms with Crippen molar-refractivity contribution in [2.75, 3.05) is 25.1 Å². The lowest BCUT2D eigenvalue weighted by Gasteiger charge is -2.28. The van der Waals surface area contributed by atoms with E-state index in [-0.39, 0.29) is 30.1 Å². The van der Waals surface area contributed by atoms with E-state index < -0.39 is 12.1 Å². The normalized spacial score (nSPS) is 18.9. The van der Waals surface area contributed by atoms with Crippen LogP contribution in [0.1, 0.15) is 66.8 Å². The number of nitrogens with one attached hydrogen (secondary N) is 2. The van der Waals surface area contributed by atoms with Crippen LogP contribution in [0.4, 0.5) is 0 Å². The number of nitrogens with zero attached hydrogens (tertiary/aromatic N) is 5. The molecular weight excluding hydrogens is 542 g/mol. The summed E-state index contributed by atoms with van der Waals surface area (Å²) >= 11 is 1.62. The molecule has 12 heteroatoms. The van der Waals surface area contributed by atoms with Crippen molar-refractivity contribution in [2.24, 2.45) is 5.92 Å². The molecule has 1 aromatic carbocycles. The summed E-state index contributed by atoms with van der Waals surface area (Å²) < 4.78 is 7.06. The maximum absolute atomic E-state index is 13.7. The van der Waals surface area contributed by atoms with E-state index in [1.807, 2.05) is 50.4 Å². The number of thioether (sulfide) groups is 1. The van der Waals surface area contributed by atoms with E-state index in [0.29, 0.717) is 61.1 Å². The van der Waals surface area contributed by atoms with E-state index in [4.69, 9.17) is 14.6 Å². The van der Waals surface area contributed by atoms with Crippen molar-refractivity contribution < 1.29 is 18.9 Å². The molecule has 3 amide bonds. The Morgan fingerprint density at radius 2 is 1.88 bits per heavy atom. The van der Waals surface area contributed by atoms with Crippen LogP contribution in [0.2, 0.25) is 0 Å². The lowest BCUT2D eigenvalue weighted by atomic mass is 10.0. The van der Waals surface area contributed by atoms with Crippen molar-refractivity contribution in [1.82, 2.24) is 35.5 Å². The van der Waals surface area contributed by atoms with Gasteiger partial charge in [-0.05, 0) is 44.6 Å².